The van der Waals surface area contributed by atoms with Gasteiger partial charge in [-0.05, 0) is 37.6 Å². The van der Waals surface area contributed by atoms with Crippen LogP contribution in [0.3, 0.4) is 0 Å². The lowest BCUT2D eigenvalue weighted by Gasteiger charge is -2.07. The predicted molar refractivity (Wildman–Crippen MR) is 112 cm³/mol. The van der Waals surface area contributed by atoms with Crippen molar-refractivity contribution in [2.24, 2.45) is 0 Å². The number of hydrogen-bond acceptors (Lipinski definition) is 7. The number of ether oxygens (including phenoxy) is 3. The van der Waals surface area contributed by atoms with E-state index < -0.39 is 17.8 Å². The fraction of sp³-hybridized carbons (Fsp3) is 0.316. The summed E-state index contributed by atoms with van der Waals surface area (Å²) in [5.41, 5.74) is 0.703. The van der Waals surface area contributed by atoms with Crippen molar-refractivity contribution in [3.8, 4) is 0 Å². The molecule has 0 aliphatic rings. The Bertz CT molecular complexity index is 928. The largest absolute Gasteiger partial charge is 0.462 e. The topological polar surface area (TPSA) is 90.9 Å². The smallest absolute Gasteiger partial charge is 0.348 e. The summed E-state index contributed by atoms with van der Waals surface area (Å²) in [5.74, 6) is -1.79. The lowest BCUT2D eigenvalue weighted by molar-refractivity contribution is 0.0392. The molecule has 0 aliphatic heterocycles. The lowest BCUT2D eigenvalue weighted by Crippen LogP contribution is -2.15. The molecule has 0 aliphatic carbocycles. The van der Waals surface area contributed by atoms with Crippen LogP contribution in [-0.2, 0) is 14.2 Å². The number of esters is 2. The molecule has 10 heteroatoms. The normalized spacial score (nSPS) is 10.5. The van der Waals surface area contributed by atoms with E-state index in [2.05, 4.69) is 5.32 Å². The van der Waals surface area contributed by atoms with Crippen molar-refractivity contribution in [2.75, 3.05) is 32.2 Å². The van der Waals surface area contributed by atoms with E-state index in [-0.39, 0.29) is 45.8 Å². The Balaban J connectivity index is 2.36. The highest BCUT2D eigenvalue weighted by molar-refractivity contribution is 7.18. The average Bonchev–Trinajstić information content (AvgIpc) is 3.00. The van der Waals surface area contributed by atoms with Gasteiger partial charge in [0, 0.05) is 12.7 Å². The van der Waals surface area contributed by atoms with Gasteiger partial charge in [-0.1, -0.05) is 23.2 Å². The maximum Gasteiger partial charge on any atom is 0.348 e. The Morgan fingerprint density at radius 3 is 2.41 bits per heavy atom. The first-order valence-electron chi connectivity index (χ1n) is 8.53. The van der Waals surface area contributed by atoms with Crippen molar-refractivity contribution in [1.82, 2.24) is 0 Å². The van der Waals surface area contributed by atoms with Gasteiger partial charge in [0.25, 0.3) is 5.91 Å². The summed E-state index contributed by atoms with van der Waals surface area (Å²) in [6.07, 6.45) is 0. The summed E-state index contributed by atoms with van der Waals surface area (Å²) >= 11 is 12.8. The van der Waals surface area contributed by atoms with Gasteiger partial charge >= 0.3 is 11.9 Å². The molecule has 1 aromatic heterocycles. The number of methoxy groups -OCH3 is 1. The van der Waals surface area contributed by atoms with Crippen molar-refractivity contribution in [3.63, 3.8) is 0 Å². The second-order valence-electron chi connectivity index (χ2n) is 5.69. The van der Waals surface area contributed by atoms with E-state index in [4.69, 9.17) is 37.4 Å². The van der Waals surface area contributed by atoms with Gasteiger partial charge in [-0.2, -0.15) is 0 Å². The molecule has 1 N–H and O–H groups in total. The van der Waals surface area contributed by atoms with Gasteiger partial charge in [0.2, 0.25) is 0 Å². The quantitative estimate of drug-likeness (QED) is 0.458. The van der Waals surface area contributed by atoms with Crippen LogP contribution in [0.5, 0.6) is 0 Å². The Labute approximate surface area is 181 Å². The molecule has 1 heterocycles. The molecule has 0 fully saturated rings. The molecular weight excluding hydrogens is 441 g/mol. The Kier molecular flexibility index (Phi) is 8.45. The van der Waals surface area contributed by atoms with Crippen LogP contribution >= 0.6 is 34.5 Å². The number of benzene rings is 1. The summed E-state index contributed by atoms with van der Waals surface area (Å²) in [6, 6.07) is 4.39. The third-order valence-corrected chi connectivity index (χ3v) is 5.67. The second kappa shape index (κ2) is 10.6. The molecule has 0 unspecified atom stereocenters. The van der Waals surface area contributed by atoms with Crippen molar-refractivity contribution < 1.29 is 28.6 Å². The van der Waals surface area contributed by atoms with E-state index in [0.717, 1.165) is 11.3 Å². The molecule has 156 valence electrons. The predicted octanol–water partition coefficient (Wildman–Crippen LogP) is 4.60. The first-order chi connectivity index (χ1) is 13.8. The molecule has 29 heavy (non-hydrogen) atoms. The first kappa shape index (κ1) is 23.2. The van der Waals surface area contributed by atoms with Gasteiger partial charge in [-0.3, -0.25) is 4.79 Å². The Morgan fingerprint density at radius 2 is 1.79 bits per heavy atom. The fourth-order valence-corrected chi connectivity index (χ4v) is 3.72. The highest BCUT2D eigenvalue weighted by atomic mass is 35.5. The lowest BCUT2D eigenvalue weighted by atomic mass is 10.1. The summed E-state index contributed by atoms with van der Waals surface area (Å²) in [6.45, 7) is 3.69. The number of carbonyl (C=O) groups is 3. The zero-order valence-electron chi connectivity index (χ0n) is 16.0. The molecular formula is C19H19Cl2NO6S. The van der Waals surface area contributed by atoms with Crippen LogP contribution < -0.4 is 5.32 Å². The van der Waals surface area contributed by atoms with Crippen LogP contribution in [0.2, 0.25) is 10.0 Å². The molecule has 0 spiro atoms. The fourth-order valence-electron chi connectivity index (χ4n) is 2.34. The van der Waals surface area contributed by atoms with E-state index in [1.54, 1.807) is 13.8 Å². The van der Waals surface area contributed by atoms with Crippen LogP contribution in [0.15, 0.2) is 18.2 Å². The second-order valence-corrected chi connectivity index (χ2v) is 7.53. The maximum atomic E-state index is 12.6. The summed E-state index contributed by atoms with van der Waals surface area (Å²) in [4.78, 5) is 37.6. The van der Waals surface area contributed by atoms with E-state index in [1.165, 1.54) is 25.3 Å². The minimum Gasteiger partial charge on any atom is -0.462 e. The molecule has 1 amide bonds. The molecule has 2 rings (SSSR count). The third kappa shape index (κ3) is 5.70. The van der Waals surface area contributed by atoms with E-state index in [9.17, 15) is 14.4 Å². The van der Waals surface area contributed by atoms with Gasteiger partial charge in [0.05, 0.1) is 28.8 Å². The number of hydrogen-bond donors (Lipinski definition) is 1. The number of nitrogens with one attached hydrogen (secondary N) is 1. The van der Waals surface area contributed by atoms with Crippen molar-refractivity contribution in [3.05, 3.63) is 49.8 Å². The number of amides is 1. The zero-order valence-corrected chi connectivity index (χ0v) is 18.3. The van der Waals surface area contributed by atoms with Gasteiger partial charge in [-0.15, -0.1) is 11.3 Å². The molecule has 0 saturated carbocycles. The van der Waals surface area contributed by atoms with E-state index in [0.29, 0.717) is 10.6 Å². The minimum absolute atomic E-state index is 0.0619. The average molecular weight is 460 g/mol. The standard InChI is InChI=1S/C19H19Cl2NO6S/c1-4-27-18(24)14-10(2)15(19(25)28-8-7-26-3)29-17(14)22-16(23)11-5-6-12(20)13(21)9-11/h5-6,9H,4,7-8H2,1-3H3,(H,22,23). The molecule has 2 aromatic rings. The molecule has 0 bridgehead atoms. The summed E-state index contributed by atoms with van der Waals surface area (Å²) in [5, 5.41) is 3.34. The Hall–Kier alpha value is -2.13. The van der Waals surface area contributed by atoms with Crippen molar-refractivity contribution in [2.45, 2.75) is 13.8 Å². The van der Waals surface area contributed by atoms with E-state index in [1.807, 2.05) is 0 Å². The number of halogens is 2. The third-order valence-electron chi connectivity index (χ3n) is 3.74. The zero-order chi connectivity index (χ0) is 21.6. The molecule has 0 radical (unpaired) electrons. The van der Waals surface area contributed by atoms with Gasteiger partial charge < -0.3 is 19.5 Å². The van der Waals surface area contributed by atoms with Crippen LogP contribution in [0.1, 0.15) is 42.9 Å². The highest BCUT2D eigenvalue weighted by Crippen LogP contribution is 2.35. The summed E-state index contributed by atoms with van der Waals surface area (Å²) < 4.78 is 15.0. The number of anilines is 1. The first-order valence-corrected chi connectivity index (χ1v) is 10.1. The minimum atomic E-state index is -0.651. The van der Waals surface area contributed by atoms with Gasteiger partial charge in [-0.25, -0.2) is 9.59 Å². The summed E-state index contributed by atoms with van der Waals surface area (Å²) in [7, 11) is 1.49. The Morgan fingerprint density at radius 1 is 1.07 bits per heavy atom. The highest BCUT2D eigenvalue weighted by Gasteiger charge is 2.27. The number of carbonyl (C=O) groups excluding carboxylic acids is 3. The van der Waals surface area contributed by atoms with E-state index >= 15 is 0 Å². The number of thiophene rings is 1. The van der Waals surface area contributed by atoms with Crippen LogP contribution in [0, 0.1) is 6.92 Å². The van der Waals surface area contributed by atoms with Crippen LogP contribution in [-0.4, -0.2) is 44.8 Å². The molecule has 0 atom stereocenters. The van der Waals surface area contributed by atoms with Crippen LogP contribution in [0.25, 0.3) is 0 Å². The van der Waals surface area contributed by atoms with Gasteiger partial charge in [0.15, 0.2) is 0 Å². The van der Waals surface area contributed by atoms with Crippen molar-refractivity contribution in [1.29, 1.82) is 0 Å². The monoisotopic (exact) mass is 459 g/mol. The van der Waals surface area contributed by atoms with Gasteiger partial charge in [0.1, 0.15) is 16.5 Å². The molecule has 7 nitrogen and oxygen atoms in total. The SMILES string of the molecule is CCOC(=O)c1c(NC(=O)c2ccc(Cl)c(Cl)c2)sc(C(=O)OCCOC)c1C. The number of rotatable bonds is 8. The van der Waals surface area contributed by atoms with Crippen LogP contribution in [0.4, 0.5) is 5.00 Å². The molecule has 0 saturated heterocycles. The maximum absolute atomic E-state index is 12.6. The van der Waals surface area contributed by atoms with Crippen molar-refractivity contribution >= 4 is 57.4 Å². The molecule has 1 aromatic carbocycles.